The standard InChI is InChI=1S/C19H21BF3NO4S/c1-17(2)18(3,4)28-20(27-17)14-7-9-15(10-8-14)24-29(25,26)16-11-5-13(6-12-16)19(21,22)23/h5-12,24H,1-4H3. The summed E-state index contributed by atoms with van der Waals surface area (Å²) >= 11 is 0. The molecule has 10 heteroatoms. The van der Waals surface area contributed by atoms with Crippen molar-refractivity contribution in [2.75, 3.05) is 4.72 Å². The van der Waals surface area contributed by atoms with Gasteiger partial charge in [-0.2, -0.15) is 13.2 Å². The Labute approximate surface area is 168 Å². The lowest BCUT2D eigenvalue weighted by atomic mass is 9.79. The molecule has 2 aromatic rings. The van der Waals surface area contributed by atoms with E-state index in [1.54, 1.807) is 24.3 Å². The van der Waals surface area contributed by atoms with Crippen molar-refractivity contribution >= 4 is 28.3 Å². The first-order valence-electron chi connectivity index (χ1n) is 8.87. The molecule has 1 saturated heterocycles. The van der Waals surface area contributed by atoms with E-state index in [-0.39, 0.29) is 10.6 Å². The van der Waals surface area contributed by atoms with Gasteiger partial charge in [0, 0.05) is 5.69 Å². The fourth-order valence-electron chi connectivity index (χ4n) is 2.72. The number of sulfonamides is 1. The second-order valence-corrected chi connectivity index (χ2v) is 9.52. The normalized spacial score (nSPS) is 18.7. The Kier molecular flexibility index (Phi) is 5.26. The second kappa shape index (κ2) is 7.03. The van der Waals surface area contributed by atoms with E-state index in [0.717, 1.165) is 29.7 Å². The minimum absolute atomic E-state index is 0.263. The average Bonchev–Trinajstić information content (AvgIpc) is 2.82. The summed E-state index contributed by atoms with van der Waals surface area (Å²) in [6.07, 6.45) is -4.53. The van der Waals surface area contributed by atoms with E-state index >= 15 is 0 Å². The van der Waals surface area contributed by atoms with Gasteiger partial charge in [0.1, 0.15) is 0 Å². The van der Waals surface area contributed by atoms with E-state index in [4.69, 9.17) is 9.31 Å². The zero-order valence-corrected chi connectivity index (χ0v) is 17.2. The fourth-order valence-corrected chi connectivity index (χ4v) is 3.78. The zero-order chi connectivity index (χ0) is 21.7. The maximum absolute atomic E-state index is 12.6. The molecule has 0 unspecified atom stereocenters. The molecule has 0 bridgehead atoms. The van der Waals surface area contributed by atoms with Gasteiger partial charge in [0.2, 0.25) is 0 Å². The highest BCUT2D eigenvalue weighted by Gasteiger charge is 2.51. The van der Waals surface area contributed by atoms with Gasteiger partial charge in [0.15, 0.2) is 0 Å². The molecule has 3 rings (SSSR count). The van der Waals surface area contributed by atoms with Crippen molar-refractivity contribution in [3.05, 3.63) is 54.1 Å². The van der Waals surface area contributed by atoms with E-state index in [2.05, 4.69) is 4.72 Å². The maximum Gasteiger partial charge on any atom is 0.494 e. The van der Waals surface area contributed by atoms with Crippen molar-refractivity contribution in [1.82, 2.24) is 0 Å². The van der Waals surface area contributed by atoms with Crippen LogP contribution in [-0.2, 0) is 25.5 Å². The predicted octanol–water partition coefficient (Wildman–Crippen LogP) is 3.81. The Hall–Kier alpha value is -2.04. The number of hydrogen-bond acceptors (Lipinski definition) is 4. The molecular formula is C19H21BF3NO4S. The lowest BCUT2D eigenvalue weighted by Crippen LogP contribution is -2.41. The number of halogens is 3. The molecule has 29 heavy (non-hydrogen) atoms. The van der Waals surface area contributed by atoms with Crippen LogP contribution in [0.2, 0.25) is 0 Å². The lowest BCUT2D eigenvalue weighted by Gasteiger charge is -2.32. The number of benzene rings is 2. The van der Waals surface area contributed by atoms with Crippen molar-refractivity contribution in [1.29, 1.82) is 0 Å². The largest absolute Gasteiger partial charge is 0.494 e. The Morgan fingerprint density at radius 1 is 0.862 bits per heavy atom. The topological polar surface area (TPSA) is 64.6 Å². The molecule has 1 heterocycles. The van der Waals surface area contributed by atoms with Crippen LogP contribution in [0, 0.1) is 0 Å². The predicted molar refractivity (Wildman–Crippen MR) is 104 cm³/mol. The summed E-state index contributed by atoms with van der Waals surface area (Å²) in [7, 11) is -4.61. The number of alkyl halides is 3. The SMILES string of the molecule is CC1(C)OB(c2ccc(NS(=O)(=O)c3ccc(C(F)(F)F)cc3)cc2)OC1(C)C. The average molecular weight is 427 g/mol. The third-order valence-electron chi connectivity index (χ3n) is 5.18. The summed E-state index contributed by atoms with van der Waals surface area (Å²) in [6, 6.07) is 9.74. The molecule has 0 aromatic heterocycles. The van der Waals surface area contributed by atoms with Gasteiger partial charge in [0.05, 0.1) is 21.7 Å². The fraction of sp³-hybridized carbons (Fsp3) is 0.368. The number of hydrogen-bond donors (Lipinski definition) is 1. The van der Waals surface area contributed by atoms with E-state index in [0.29, 0.717) is 0 Å². The highest BCUT2D eigenvalue weighted by Crippen LogP contribution is 2.36. The molecule has 0 amide bonds. The molecule has 156 valence electrons. The summed E-state index contributed by atoms with van der Waals surface area (Å²) in [4.78, 5) is -0.263. The van der Waals surface area contributed by atoms with Gasteiger partial charge in [-0.05, 0) is 69.6 Å². The van der Waals surface area contributed by atoms with Gasteiger partial charge in [-0.1, -0.05) is 12.1 Å². The number of rotatable bonds is 4. The quantitative estimate of drug-likeness (QED) is 0.754. The van der Waals surface area contributed by atoms with E-state index in [1.807, 2.05) is 27.7 Å². The molecular weight excluding hydrogens is 406 g/mol. The molecule has 2 aromatic carbocycles. The molecule has 0 aliphatic carbocycles. The smallest absolute Gasteiger partial charge is 0.399 e. The molecule has 0 atom stereocenters. The second-order valence-electron chi connectivity index (χ2n) is 7.84. The van der Waals surface area contributed by atoms with Gasteiger partial charge in [-0.15, -0.1) is 0 Å². The molecule has 1 aliphatic heterocycles. The van der Waals surface area contributed by atoms with E-state index in [9.17, 15) is 21.6 Å². The molecule has 1 fully saturated rings. The highest BCUT2D eigenvalue weighted by molar-refractivity contribution is 7.92. The maximum atomic E-state index is 12.6. The molecule has 1 aliphatic rings. The zero-order valence-electron chi connectivity index (χ0n) is 16.4. The van der Waals surface area contributed by atoms with E-state index < -0.39 is 40.1 Å². The molecule has 0 spiro atoms. The molecule has 1 N–H and O–H groups in total. The monoisotopic (exact) mass is 427 g/mol. The minimum Gasteiger partial charge on any atom is -0.399 e. The Balaban J connectivity index is 1.74. The highest BCUT2D eigenvalue weighted by atomic mass is 32.2. The van der Waals surface area contributed by atoms with Gasteiger partial charge < -0.3 is 9.31 Å². The van der Waals surface area contributed by atoms with Gasteiger partial charge in [-0.25, -0.2) is 8.42 Å². The first kappa shape index (κ1) is 21.7. The lowest BCUT2D eigenvalue weighted by molar-refractivity contribution is -0.137. The molecule has 5 nitrogen and oxygen atoms in total. The Morgan fingerprint density at radius 3 is 1.79 bits per heavy atom. The van der Waals surface area contributed by atoms with Crippen molar-refractivity contribution in [2.45, 2.75) is 50.0 Å². The summed E-state index contributed by atoms with van der Waals surface area (Å²) in [6.45, 7) is 7.72. The van der Waals surface area contributed by atoms with Crippen LogP contribution in [0.3, 0.4) is 0 Å². The third-order valence-corrected chi connectivity index (χ3v) is 6.58. The Bertz CT molecular complexity index is 972. The Morgan fingerprint density at radius 2 is 1.34 bits per heavy atom. The van der Waals surface area contributed by atoms with Gasteiger partial charge in [-0.3, -0.25) is 4.72 Å². The van der Waals surface area contributed by atoms with Crippen LogP contribution in [0.1, 0.15) is 33.3 Å². The molecule has 0 saturated carbocycles. The first-order valence-corrected chi connectivity index (χ1v) is 10.4. The summed E-state index contributed by atoms with van der Waals surface area (Å²) in [5.74, 6) is 0. The van der Waals surface area contributed by atoms with Crippen molar-refractivity contribution < 1.29 is 30.9 Å². The van der Waals surface area contributed by atoms with Crippen molar-refractivity contribution in [3.8, 4) is 0 Å². The minimum atomic E-state index is -4.53. The summed E-state index contributed by atoms with van der Waals surface area (Å²) in [5, 5.41) is 0. The number of nitrogens with one attached hydrogen (secondary N) is 1. The summed E-state index contributed by atoms with van der Waals surface area (Å²) in [5.41, 5.74) is -0.921. The van der Waals surface area contributed by atoms with Gasteiger partial charge >= 0.3 is 13.3 Å². The van der Waals surface area contributed by atoms with Crippen LogP contribution < -0.4 is 10.2 Å². The van der Waals surface area contributed by atoms with Crippen LogP contribution in [0.5, 0.6) is 0 Å². The number of anilines is 1. The van der Waals surface area contributed by atoms with Crippen LogP contribution in [-0.4, -0.2) is 26.7 Å². The summed E-state index contributed by atoms with van der Waals surface area (Å²) < 4.78 is 77.0. The van der Waals surface area contributed by atoms with Crippen LogP contribution in [0.15, 0.2) is 53.4 Å². The van der Waals surface area contributed by atoms with Crippen LogP contribution in [0.25, 0.3) is 0 Å². The third kappa shape index (κ3) is 4.44. The van der Waals surface area contributed by atoms with Gasteiger partial charge in [0.25, 0.3) is 10.0 Å². The van der Waals surface area contributed by atoms with Crippen molar-refractivity contribution in [2.24, 2.45) is 0 Å². The first-order chi connectivity index (χ1) is 13.2. The molecule has 0 radical (unpaired) electrons. The van der Waals surface area contributed by atoms with Crippen LogP contribution >= 0.6 is 0 Å². The van der Waals surface area contributed by atoms with Crippen LogP contribution in [0.4, 0.5) is 18.9 Å². The van der Waals surface area contributed by atoms with Crippen molar-refractivity contribution in [3.63, 3.8) is 0 Å². The van der Waals surface area contributed by atoms with E-state index in [1.165, 1.54) is 0 Å².